The zero-order valence-corrected chi connectivity index (χ0v) is 10.9. The van der Waals surface area contributed by atoms with Crippen LogP contribution >= 0.6 is 0 Å². The quantitative estimate of drug-likeness (QED) is 0.808. The number of nitrogens with two attached hydrogens (primary N) is 1. The Kier molecular flexibility index (Phi) is 3.18. The standard InChI is InChI=1S/C14H9NO7/c15-13(16)7-1-3-9-11(5-7)21-20-10-4-2-8(14(17)18)6-12(10)22-19-9/h1-6H,(H2,15,16)(H,17,18). The molecule has 1 aliphatic heterocycles. The zero-order chi connectivity index (χ0) is 15.7. The van der Waals surface area contributed by atoms with E-state index in [1.165, 1.54) is 36.4 Å². The molecule has 0 atom stereocenters. The van der Waals surface area contributed by atoms with Crippen molar-refractivity contribution in [3.8, 4) is 23.0 Å². The summed E-state index contributed by atoms with van der Waals surface area (Å²) in [6, 6.07) is 8.05. The summed E-state index contributed by atoms with van der Waals surface area (Å²) in [5.74, 6) is -1.40. The summed E-state index contributed by atoms with van der Waals surface area (Å²) in [6.07, 6.45) is 0. The van der Waals surface area contributed by atoms with Crippen LogP contribution in [0.2, 0.25) is 0 Å². The van der Waals surface area contributed by atoms with E-state index in [-0.39, 0.29) is 34.1 Å². The first-order chi connectivity index (χ1) is 10.5. The number of carboxylic acids is 1. The van der Waals surface area contributed by atoms with E-state index in [1.807, 2.05) is 0 Å². The van der Waals surface area contributed by atoms with Crippen molar-refractivity contribution in [2.75, 3.05) is 0 Å². The fourth-order valence-electron chi connectivity index (χ4n) is 1.75. The summed E-state index contributed by atoms with van der Waals surface area (Å²) in [5.41, 5.74) is 5.37. The zero-order valence-electron chi connectivity index (χ0n) is 10.9. The largest absolute Gasteiger partial charge is 0.478 e. The minimum atomic E-state index is -1.12. The summed E-state index contributed by atoms with van der Waals surface area (Å²) in [6.45, 7) is 0. The highest BCUT2D eigenvalue weighted by Gasteiger charge is 2.20. The lowest BCUT2D eigenvalue weighted by Crippen LogP contribution is -2.14. The molecule has 112 valence electrons. The molecule has 0 unspecified atom stereocenters. The van der Waals surface area contributed by atoms with Crippen molar-refractivity contribution in [3.63, 3.8) is 0 Å². The maximum absolute atomic E-state index is 11.1. The minimum absolute atomic E-state index is 0.00387. The van der Waals surface area contributed by atoms with Gasteiger partial charge in [-0.1, -0.05) is 0 Å². The van der Waals surface area contributed by atoms with Crippen molar-refractivity contribution >= 4 is 11.9 Å². The molecule has 8 heteroatoms. The number of hydrogen-bond acceptors (Lipinski definition) is 6. The Bertz CT molecular complexity index is 706. The Morgan fingerprint density at radius 2 is 1.23 bits per heavy atom. The van der Waals surface area contributed by atoms with Crippen molar-refractivity contribution < 1.29 is 34.2 Å². The van der Waals surface area contributed by atoms with E-state index in [0.29, 0.717) is 0 Å². The van der Waals surface area contributed by atoms with Crippen LogP contribution in [0.15, 0.2) is 36.4 Å². The third-order valence-corrected chi connectivity index (χ3v) is 2.86. The fourth-order valence-corrected chi connectivity index (χ4v) is 1.75. The van der Waals surface area contributed by atoms with E-state index in [2.05, 4.69) is 0 Å². The van der Waals surface area contributed by atoms with Gasteiger partial charge in [0.05, 0.1) is 5.56 Å². The van der Waals surface area contributed by atoms with Gasteiger partial charge in [0, 0.05) is 17.7 Å². The van der Waals surface area contributed by atoms with Gasteiger partial charge in [0.2, 0.25) is 28.9 Å². The highest BCUT2D eigenvalue weighted by atomic mass is 17.2. The number of amides is 1. The lowest BCUT2D eigenvalue weighted by Gasteiger charge is -2.17. The van der Waals surface area contributed by atoms with Gasteiger partial charge in [0.1, 0.15) is 0 Å². The molecule has 0 saturated heterocycles. The van der Waals surface area contributed by atoms with Crippen molar-refractivity contribution in [1.29, 1.82) is 0 Å². The van der Waals surface area contributed by atoms with E-state index >= 15 is 0 Å². The summed E-state index contributed by atoms with van der Waals surface area (Å²) in [7, 11) is 0. The summed E-state index contributed by atoms with van der Waals surface area (Å²) >= 11 is 0. The van der Waals surface area contributed by atoms with Crippen LogP contribution in [-0.2, 0) is 0 Å². The molecular formula is C14H9NO7. The van der Waals surface area contributed by atoms with Crippen molar-refractivity contribution in [2.24, 2.45) is 5.73 Å². The van der Waals surface area contributed by atoms with Crippen LogP contribution in [-0.4, -0.2) is 17.0 Å². The maximum atomic E-state index is 11.1. The Labute approximate surface area is 123 Å². The third kappa shape index (κ3) is 2.44. The Hall–Kier alpha value is -3.42. The monoisotopic (exact) mass is 303 g/mol. The molecule has 8 nitrogen and oxygen atoms in total. The number of hydrogen-bond donors (Lipinski definition) is 2. The molecule has 1 amide bonds. The number of benzene rings is 2. The molecule has 2 aromatic rings. The smallest absolute Gasteiger partial charge is 0.335 e. The second kappa shape index (κ2) is 5.17. The van der Waals surface area contributed by atoms with Crippen LogP contribution in [0.4, 0.5) is 0 Å². The molecule has 3 N–H and O–H groups in total. The predicted octanol–water partition coefficient (Wildman–Crippen LogP) is 1.54. The van der Waals surface area contributed by atoms with Crippen LogP contribution in [0, 0.1) is 0 Å². The molecule has 0 aromatic heterocycles. The summed E-state index contributed by atoms with van der Waals surface area (Å²) < 4.78 is 0. The molecule has 1 aliphatic rings. The Morgan fingerprint density at radius 1 is 0.773 bits per heavy atom. The Balaban J connectivity index is 1.93. The van der Waals surface area contributed by atoms with E-state index in [1.54, 1.807) is 0 Å². The van der Waals surface area contributed by atoms with Crippen molar-refractivity contribution in [3.05, 3.63) is 47.5 Å². The number of carbonyl (C=O) groups is 2. The van der Waals surface area contributed by atoms with Gasteiger partial charge in [0.15, 0.2) is 0 Å². The van der Waals surface area contributed by atoms with Crippen molar-refractivity contribution in [1.82, 2.24) is 0 Å². The van der Waals surface area contributed by atoms with Gasteiger partial charge in [-0.3, -0.25) is 24.3 Å². The highest BCUT2D eigenvalue weighted by molar-refractivity contribution is 5.93. The number of carboxylic acid groups (broad SMARTS) is 1. The van der Waals surface area contributed by atoms with Gasteiger partial charge >= 0.3 is 5.97 Å². The molecule has 3 rings (SSSR count). The number of aromatic carboxylic acids is 1. The Morgan fingerprint density at radius 3 is 1.73 bits per heavy atom. The van der Waals surface area contributed by atoms with Gasteiger partial charge in [-0.05, 0) is 24.3 Å². The second-order valence-electron chi connectivity index (χ2n) is 4.33. The summed E-state index contributed by atoms with van der Waals surface area (Å²) in [4.78, 5) is 42.4. The second-order valence-corrected chi connectivity index (χ2v) is 4.33. The van der Waals surface area contributed by atoms with Crippen LogP contribution in [0.25, 0.3) is 0 Å². The van der Waals surface area contributed by atoms with Gasteiger partial charge in [-0.15, -0.1) is 0 Å². The lowest BCUT2D eigenvalue weighted by molar-refractivity contribution is -0.152. The molecule has 0 spiro atoms. The number of carbonyl (C=O) groups excluding carboxylic acids is 1. The average Bonchev–Trinajstić information content (AvgIpc) is 2.48. The predicted molar refractivity (Wildman–Crippen MR) is 70.9 cm³/mol. The third-order valence-electron chi connectivity index (χ3n) is 2.86. The topological polar surface area (TPSA) is 117 Å². The van der Waals surface area contributed by atoms with Crippen LogP contribution < -0.4 is 25.3 Å². The van der Waals surface area contributed by atoms with Crippen molar-refractivity contribution in [2.45, 2.75) is 0 Å². The molecule has 22 heavy (non-hydrogen) atoms. The van der Waals surface area contributed by atoms with Crippen LogP contribution in [0.3, 0.4) is 0 Å². The average molecular weight is 303 g/mol. The van der Waals surface area contributed by atoms with Gasteiger partial charge in [-0.2, -0.15) is 0 Å². The molecule has 1 heterocycles. The van der Waals surface area contributed by atoms with E-state index in [9.17, 15) is 9.59 Å². The van der Waals surface area contributed by atoms with E-state index < -0.39 is 11.9 Å². The van der Waals surface area contributed by atoms with Crippen LogP contribution in [0.5, 0.6) is 23.0 Å². The first-order valence-corrected chi connectivity index (χ1v) is 6.05. The SMILES string of the molecule is NC(=O)c1ccc2c(c1)OOc1ccc(C(=O)O)cc1OO2. The summed E-state index contributed by atoms with van der Waals surface area (Å²) in [5, 5.41) is 8.94. The molecule has 0 aliphatic carbocycles. The number of fused-ring (bicyclic) bond motifs is 2. The maximum Gasteiger partial charge on any atom is 0.335 e. The van der Waals surface area contributed by atoms with Crippen LogP contribution in [0.1, 0.15) is 20.7 Å². The lowest BCUT2D eigenvalue weighted by atomic mass is 10.2. The van der Waals surface area contributed by atoms with E-state index in [4.69, 9.17) is 30.4 Å². The molecular weight excluding hydrogens is 294 g/mol. The number of primary amides is 1. The fraction of sp³-hybridized carbons (Fsp3) is 0. The number of rotatable bonds is 2. The molecule has 0 saturated carbocycles. The minimum Gasteiger partial charge on any atom is -0.478 e. The highest BCUT2D eigenvalue weighted by Crippen LogP contribution is 2.36. The van der Waals surface area contributed by atoms with Gasteiger partial charge in [0.25, 0.3) is 0 Å². The molecule has 0 bridgehead atoms. The molecule has 2 aromatic carbocycles. The molecule has 0 fully saturated rings. The first-order valence-electron chi connectivity index (χ1n) is 6.05. The molecule has 0 radical (unpaired) electrons. The van der Waals surface area contributed by atoms with E-state index in [0.717, 1.165) is 0 Å². The normalized spacial score (nSPS) is 12.0. The van der Waals surface area contributed by atoms with Gasteiger partial charge < -0.3 is 10.8 Å². The van der Waals surface area contributed by atoms with Gasteiger partial charge in [-0.25, -0.2) is 4.79 Å². The first kappa shape index (κ1) is 13.6.